The van der Waals surface area contributed by atoms with E-state index in [0.29, 0.717) is 26.2 Å². The monoisotopic (exact) mass is 374 g/mol. The molecule has 0 aromatic heterocycles. The van der Waals surface area contributed by atoms with Gasteiger partial charge in [0.05, 0.1) is 12.0 Å². The summed E-state index contributed by atoms with van der Waals surface area (Å²) >= 11 is 0. The highest BCUT2D eigenvalue weighted by Crippen LogP contribution is 2.41. The van der Waals surface area contributed by atoms with Gasteiger partial charge in [-0.2, -0.15) is 0 Å². The highest BCUT2D eigenvalue weighted by Gasteiger charge is 2.44. The van der Waals surface area contributed by atoms with Gasteiger partial charge in [-0.3, -0.25) is 4.79 Å². The Kier molecular flexibility index (Phi) is 6.72. The summed E-state index contributed by atoms with van der Waals surface area (Å²) in [5.74, 6) is 0.367. The molecule has 1 saturated carbocycles. The molecule has 1 heterocycles. The van der Waals surface area contributed by atoms with Gasteiger partial charge in [-0.1, -0.05) is 36.8 Å². The summed E-state index contributed by atoms with van der Waals surface area (Å²) in [6, 6.07) is 9.69. The van der Waals surface area contributed by atoms with E-state index < -0.39 is 0 Å². The molecule has 0 spiro atoms. The lowest BCUT2D eigenvalue weighted by Crippen LogP contribution is -2.51. The van der Waals surface area contributed by atoms with E-state index in [2.05, 4.69) is 5.32 Å². The zero-order valence-electron chi connectivity index (χ0n) is 16.1. The zero-order chi connectivity index (χ0) is 19.1. The molecular weight excluding hydrogens is 344 g/mol. The van der Waals surface area contributed by atoms with E-state index in [1.54, 1.807) is 12.0 Å². The van der Waals surface area contributed by atoms with Crippen molar-refractivity contribution in [1.29, 1.82) is 0 Å². The maximum Gasteiger partial charge on any atom is 0.410 e. The van der Waals surface area contributed by atoms with Crippen molar-refractivity contribution in [2.24, 2.45) is 11.3 Å². The standard InChI is InChI=1S/C21H30N2O4/c1-26-16-21(10-6-11-21)19(24)22-13-18-9-5-12-23(14-18)20(25)27-15-17-7-3-2-4-8-17/h2-4,7-8,18H,5-6,9-16H2,1H3,(H,22,24)/t18-/m0/s1. The van der Waals surface area contributed by atoms with E-state index in [1.807, 2.05) is 30.3 Å². The fourth-order valence-electron chi connectivity index (χ4n) is 3.95. The first kappa shape index (κ1) is 19.7. The molecule has 6 heteroatoms. The van der Waals surface area contributed by atoms with Gasteiger partial charge in [0.25, 0.3) is 0 Å². The lowest BCUT2D eigenvalue weighted by atomic mass is 9.68. The number of likely N-dealkylation sites (tertiary alicyclic amines) is 1. The van der Waals surface area contributed by atoms with Crippen LogP contribution in [-0.4, -0.2) is 50.3 Å². The van der Waals surface area contributed by atoms with Gasteiger partial charge >= 0.3 is 6.09 Å². The van der Waals surface area contributed by atoms with Gasteiger partial charge in [-0.05, 0) is 37.2 Å². The predicted octanol–water partition coefficient (Wildman–Crippen LogP) is 2.97. The molecule has 1 N–H and O–H groups in total. The van der Waals surface area contributed by atoms with Crippen molar-refractivity contribution in [3.8, 4) is 0 Å². The molecule has 6 nitrogen and oxygen atoms in total. The van der Waals surface area contributed by atoms with Crippen molar-refractivity contribution in [3.05, 3.63) is 35.9 Å². The number of hydrogen-bond donors (Lipinski definition) is 1. The van der Waals surface area contributed by atoms with Crippen LogP contribution in [0.1, 0.15) is 37.7 Å². The molecule has 1 atom stereocenters. The number of carbonyl (C=O) groups is 2. The number of methoxy groups -OCH3 is 1. The summed E-state index contributed by atoms with van der Waals surface area (Å²) in [5, 5.41) is 3.10. The summed E-state index contributed by atoms with van der Waals surface area (Å²) in [5.41, 5.74) is 0.646. The van der Waals surface area contributed by atoms with Gasteiger partial charge in [0.1, 0.15) is 6.61 Å². The van der Waals surface area contributed by atoms with Crippen LogP contribution < -0.4 is 5.32 Å². The first-order valence-corrected chi connectivity index (χ1v) is 9.86. The van der Waals surface area contributed by atoms with E-state index in [4.69, 9.17) is 9.47 Å². The van der Waals surface area contributed by atoms with Crippen molar-refractivity contribution in [1.82, 2.24) is 10.2 Å². The predicted molar refractivity (Wildman–Crippen MR) is 102 cm³/mol. The first-order valence-electron chi connectivity index (χ1n) is 9.86. The molecule has 1 saturated heterocycles. The number of amides is 2. The van der Waals surface area contributed by atoms with E-state index in [0.717, 1.165) is 37.7 Å². The molecule has 1 aromatic rings. The fourth-order valence-corrected chi connectivity index (χ4v) is 3.95. The molecule has 0 radical (unpaired) electrons. The minimum Gasteiger partial charge on any atom is -0.445 e. The molecule has 0 unspecified atom stereocenters. The SMILES string of the molecule is COCC1(C(=O)NC[C@@H]2CCCN(C(=O)OCc3ccccc3)C2)CCC1. The van der Waals surface area contributed by atoms with Gasteiger partial charge in [0.15, 0.2) is 0 Å². The molecule has 2 aliphatic rings. The van der Waals surface area contributed by atoms with Gasteiger partial charge in [0.2, 0.25) is 5.91 Å². The van der Waals surface area contributed by atoms with Crippen LogP contribution in [0.5, 0.6) is 0 Å². The molecule has 0 bridgehead atoms. The zero-order valence-corrected chi connectivity index (χ0v) is 16.1. The quantitative estimate of drug-likeness (QED) is 0.797. The molecule has 148 valence electrons. The second-order valence-corrected chi connectivity index (χ2v) is 7.77. The number of ether oxygens (including phenoxy) is 2. The maximum absolute atomic E-state index is 12.6. The van der Waals surface area contributed by atoms with Crippen molar-refractivity contribution < 1.29 is 19.1 Å². The molecule has 3 rings (SSSR count). The largest absolute Gasteiger partial charge is 0.445 e. The minimum atomic E-state index is -0.336. The highest BCUT2D eigenvalue weighted by atomic mass is 16.6. The van der Waals surface area contributed by atoms with Crippen LogP contribution in [0.15, 0.2) is 30.3 Å². The van der Waals surface area contributed by atoms with Gasteiger partial charge in [0, 0.05) is 26.7 Å². The fraction of sp³-hybridized carbons (Fsp3) is 0.619. The topological polar surface area (TPSA) is 67.9 Å². The van der Waals surface area contributed by atoms with Crippen molar-refractivity contribution in [2.75, 3.05) is 33.4 Å². The second-order valence-electron chi connectivity index (χ2n) is 7.77. The molecule has 2 fully saturated rings. The normalized spacial score (nSPS) is 21.2. The van der Waals surface area contributed by atoms with Crippen molar-refractivity contribution in [3.63, 3.8) is 0 Å². The van der Waals surface area contributed by atoms with E-state index in [9.17, 15) is 9.59 Å². The molecule has 1 aromatic carbocycles. The minimum absolute atomic E-state index is 0.0966. The lowest BCUT2D eigenvalue weighted by molar-refractivity contribution is -0.140. The van der Waals surface area contributed by atoms with Gasteiger partial charge in [-0.25, -0.2) is 4.79 Å². The Hall–Kier alpha value is -2.08. The second kappa shape index (κ2) is 9.22. The van der Waals surface area contributed by atoms with Crippen LogP contribution in [0.2, 0.25) is 0 Å². The molecule has 2 amide bonds. The molecule has 1 aliphatic carbocycles. The Morgan fingerprint density at radius 2 is 2.00 bits per heavy atom. The van der Waals surface area contributed by atoms with Crippen LogP contribution in [0, 0.1) is 11.3 Å². The lowest BCUT2D eigenvalue weighted by Gasteiger charge is -2.40. The number of rotatable bonds is 7. The Morgan fingerprint density at radius 3 is 2.67 bits per heavy atom. The van der Waals surface area contributed by atoms with Crippen molar-refractivity contribution in [2.45, 2.75) is 38.7 Å². The Bertz CT molecular complexity index is 630. The average molecular weight is 374 g/mol. The number of carbonyl (C=O) groups excluding carboxylic acids is 2. The number of piperidine rings is 1. The van der Waals surface area contributed by atoms with Crippen LogP contribution >= 0.6 is 0 Å². The molecule has 27 heavy (non-hydrogen) atoms. The first-order chi connectivity index (χ1) is 13.1. The third-order valence-corrected chi connectivity index (χ3v) is 5.75. The van der Waals surface area contributed by atoms with E-state index in [1.165, 1.54) is 0 Å². The third-order valence-electron chi connectivity index (χ3n) is 5.75. The van der Waals surface area contributed by atoms with E-state index in [-0.39, 0.29) is 29.9 Å². The number of nitrogens with one attached hydrogen (secondary N) is 1. The van der Waals surface area contributed by atoms with Crippen molar-refractivity contribution >= 4 is 12.0 Å². The summed E-state index contributed by atoms with van der Waals surface area (Å²) in [6.07, 6.45) is 4.56. The van der Waals surface area contributed by atoms with Gasteiger partial charge in [-0.15, -0.1) is 0 Å². The average Bonchev–Trinajstić information content (AvgIpc) is 2.68. The van der Waals surface area contributed by atoms with Crippen LogP contribution in [0.4, 0.5) is 4.79 Å². The van der Waals surface area contributed by atoms with Crippen LogP contribution in [0.25, 0.3) is 0 Å². The highest BCUT2D eigenvalue weighted by molar-refractivity contribution is 5.83. The van der Waals surface area contributed by atoms with Crippen LogP contribution in [0.3, 0.4) is 0 Å². The third kappa shape index (κ3) is 5.01. The number of nitrogens with zero attached hydrogens (tertiary/aromatic N) is 1. The Labute approximate surface area is 161 Å². The Morgan fingerprint density at radius 1 is 1.22 bits per heavy atom. The number of hydrogen-bond acceptors (Lipinski definition) is 4. The molecular formula is C21H30N2O4. The Balaban J connectivity index is 1.43. The summed E-state index contributed by atoms with van der Waals surface area (Å²) in [7, 11) is 1.65. The van der Waals surface area contributed by atoms with E-state index >= 15 is 0 Å². The smallest absolute Gasteiger partial charge is 0.410 e. The van der Waals surface area contributed by atoms with Gasteiger partial charge < -0.3 is 19.7 Å². The number of benzene rings is 1. The molecule has 1 aliphatic heterocycles. The summed E-state index contributed by atoms with van der Waals surface area (Å²) in [6.45, 7) is 2.72. The van der Waals surface area contributed by atoms with Crippen LogP contribution in [-0.2, 0) is 20.9 Å². The summed E-state index contributed by atoms with van der Waals surface area (Å²) < 4.78 is 10.7. The maximum atomic E-state index is 12.6. The summed E-state index contributed by atoms with van der Waals surface area (Å²) in [4.78, 5) is 26.7.